The summed E-state index contributed by atoms with van der Waals surface area (Å²) in [5.41, 5.74) is 0.0909. The molecular weight excluding hydrogens is 165 g/mol. The molecule has 0 fully saturated rings. The predicted molar refractivity (Wildman–Crippen MR) is 52.6 cm³/mol. The van der Waals surface area contributed by atoms with Crippen LogP contribution in [-0.4, -0.2) is 31.7 Å². The molecule has 0 spiro atoms. The predicted octanol–water partition coefficient (Wildman–Crippen LogP) is 2.42. The summed E-state index contributed by atoms with van der Waals surface area (Å²) in [6, 6.07) is 0. The molecule has 0 aromatic rings. The molecular formula is C7H18ClNP+. The van der Waals surface area contributed by atoms with Crippen molar-refractivity contribution in [2.24, 2.45) is 0 Å². The van der Waals surface area contributed by atoms with Gasteiger partial charge in [0.2, 0.25) is 0 Å². The van der Waals surface area contributed by atoms with Crippen LogP contribution >= 0.6 is 19.0 Å². The van der Waals surface area contributed by atoms with Gasteiger partial charge in [-0.05, 0) is 25.6 Å². The first kappa shape index (κ1) is 10.7. The molecule has 10 heavy (non-hydrogen) atoms. The van der Waals surface area contributed by atoms with Gasteiger partial charge in [-0.2, -0.15) is 0 Å². The molecule has 0 aromatic carbocycles. The number of hydrogen-bond donors (Lipinski definition) is 1. The van der Waals surface area contributed by atoms with E-state index in [2.05, 4.69) is 38.7 Å². The normalized spacial score (nSPS) is 13.8. The van der Waals surface area contributed by atoms with Crippen molar-refractivity contribution in [2.45, 2.75) is 19.4 Å². The molecule has 1 nitrogen and oxygen atoms in total. The largest absolute Gasteiger partial charge is 0.224 e. The van der Waals surface area contributed by atoms with Crippen molar-refractivity contribution in [3.63, 3.8) is 0 Å². The molecule has 0 radical (unpaired) electrons. The smallest absolute Gasteiger partial charge is 0.0774 e. The van der Waals surface area contributed by atoms with Crippen molar-refractivity contribution in [3.8, 4) is 0 Å². The lowest BCUT2D eigenvalue weighted by Crippen LogP contribution is -2.37. The summed E-state index contributed by atoms with van der Waals surface area (Å²) in [7, 11) is -0.701. The third-order valence-corrected chi connectivity index (χ3v) is 3.38. The van der Waals surface area contributed by atoms with Gasteiger partial charge in [-0.3, -0.25) is 0 Å². The van der Waals surface area contributed by atoms with E-state index in [-0.39, 0.29) is 5.54 Å². The first-order valence-corrected chi connectivity index (χ1v) is 7.14. The highest BCUT2D eigenvalue weighted by Crippen LogP contribution is 2.48. The van der Waals surface area contributed by atoms with E-state index in [1.807, 2.05) is 0 Å². The highest BCUT2D eigenvalue weighted by Gasteiger charge is 2.29. The van der Waals surface area contributed by atoms with Gasteiger partial charge in [-0.25, -0.2) is 4.84 Å². The van der Waals surface area contributed by atoms with Gasteiger partial charge in [0.1, 0.15) is 0 Å². The van der Waals surface area contributed by atoms with Crippen molar-refractivity contribution in [1.82, 2.24) is 4.84 Å². The maximum absolute atomic E-state index is 5.57. The lowest BCUT2D eigenvalue weighted by molar-refractivity contribution is 0.534. The second kappa shape index (κ2) is 3.38. The summed E-state index contributed by atoms with van der Waals surface area (Å²) in [6.45, 7) is 11.2. The van der Waals surface area contributed by atoms with Gasteiger partial charge in [0.15, 0.2) is 0 Å². The molecule has 3 heteroatoms. The lowest BCUT2D eigenvalue weighted by Gasteiger charge is -2.25. The summed E-state index contributed by atoms with van der Waals surface area (Å²) in [5, 5.41) is 0. The standard InChI is InChI=1S/C7H18ClNP/c1-7(2,9-8)6-10(3,4)5/h9H,6H2,1-5H3/q+1. The Labute approximate surface area is 70.0 Å². The van der Waals surface area contributed by atoms with Crippen LogP contribution < -0.4 is 4.84 Å². The third-order valence-electron chi connectivity index (χ3n) is 1.13. The Morgan fingerprint density at radius 1 is 1.30 bits per heavy atom. The molecule has 0 saturated heterocycles. The Hall–Kier alpha value is 0.680. The van der Waals surface area contributed by atoms with Crippen LogP contribution in [0.25, 0.3) is 0 Å². The van der Waals surface area contributed by atoms with Crippen molar-refractivity contribution in [1.29, 1.82) is 0 Å². The number of hydrogen-bond acceptors (Lipinski definition) is 1. The summed E-state index contributed by atoms with van der Waals surface area (Å²) < 4.78 is 0. The summed E-state index contributed by atoms with van der Waals surface area (Å²) in [4.78, 5) is 2.80. The number of nitrogens with one attached hydrogen (secondary N) is 1. The zero-order valence-corrected chi connectivity index (χ0v) is 9.18. The SMILES string of the molecule is CC(C)(C[P+](C)(C)C)NCl. The lowest BCUT2D eigenvalue weighted by atomic mass is 10.1. The van der Waals surface area contributed by atoms with Gasteiger partial charge in [0.05, 0.1) is 11.7 Å². The molecule has 0 amide bonds. The summed E-state index contributed by atoms with van der Waals surface area (Å²) in [5.74, 6) is 0. The highest BCUT2D eigenvalue weighted by atomic mass is 35.5. The van der Waals surface area contributed by atoms with Crippen LogP contribution in [0.3, 0.4) is 0 Å². The average Bonchev–Trinajstić information content (AvgIpc) is 1.60. The van der Waals surface area contributed by atoms with Crippen molar-refractivity contribution < 1.29 is 0 Å². The second-order valence-electron chi connectivity index (χ2n) is 4.43. The maximum atomic E-state index is 5.57. The third kappa shape index (κ3) is 5.46. The Balaban J connectivity index is 3.89. The van der Waals surface area contributed by atoms with E-state index in [1.165, 1.54) is 6.16 Å². The van der Waals surface area contributed by atoms with E-state index in [1.54, 1.807) is 0 Å². The van der Waals surface area contributed by atoms with Crippen LogP contribution in [0.15, 0.2) is 0 Å². The quantitative estimate of drug-likeness (QED) is 0.522. The molecule has 62 valence electrons. The molecule has 0 aromatic heterocycles. The Morgan fingerprint density at radius 2 is 1.70 bits per heavy atom. The summed E-state index contributed by atoms with van der Waals surface area (Å²) in [6.07, 6.45) is 1.18. The Bertz CT molecular complexity index is 107. The zero-order valence-electron chi connectivity index (χ0n) is 7.53. The molecule has 0 rings (SSSR count). The van der Waals surface area contributed by atoms with Crippen LogP contribution in [0.2, 0.25) is 0 Å². The fourth-order valence-electron chi connectivity index (χ4n) is 1.22. The van der Waals surface area contributed by atoms with Crippen LogP contribution in [0, 0.1) is 0 Å². The zero-order chi connectivity index (χ0) is 8.41. The molecule has 1 N–H and O–H groups in total. The van der Waals surface area contributed by atoms with E-state index < -0.39 is 7.26 Å². The van der Waals surface area contributed by atoms with E-state index in [4.69, 9.17) is 11.8 Å². The van der Waals surface area contributed by atoms with Crippen LogP contribution in [0.5, 0.6) is 0 Å². The topological polar surface area (TPSA) is 12.0 Å². The fourth-order valence-corrected chi connectivity index (χ4v) is 3.83. The van der Waals surface area contributed by atoms with Gasteiger partial charge in [0.25, 0.3) is 0 Å². The van der Waals surface area contributed by atoms with Gasteiger partial charge in [-0.15, -0.1) is 0 Å². The van der Waals surface area contributed by atoms with Crippen LogP contribution in [0.1, 0.15) is 13.8 Å². The monoisotopic (exact) mass is 182 g/mol. The number of halogens is 1. The van der Waals surface area contributed by atoms with Crippen LogP contribution in [0.4, 0.5) is 0 Å². The molecule has 0 aliphatic rings. The molecule has 0 unspecified atom stereocenters. The van der Waals surface area contributed by atoms with Gasteiger partial charge >= 0.3 is 0 Å². The second-order valence-corrected chi connectivity index (χ2v) is 9.51. The molecule has 0 atom stereocenters. The Kier molecular flexibility index (Phi) is 3.61. The molecule has 0 aliphatic carbocycles. The maximum Gasteiger partial charge on any atom is 0.0774 e. The number of rotatable bonds is 3. The van der Waals surface area contributed by atoms with Gasteiger partial charge in [0, 0.05) is 27.3 Å². The van der Waals surface area contributed by atoms with E-state index in [0.29, 0.717) is 0 Å². The summed E-state index contributed by atoms with van der Waals surface area (Å²) >= 11 is 5.57. The minimum Gasteiger partial charge on any atom is -0.224 e. The van der Waals surface area contributed by atoms with Crippen LogP contribution in [-0.2, 0) is 0 Å². The highest BCUT2D eigenvalue weighted by molar-refractivity contribution is 7.73. The fraction of sp³-hybridized carbons (Fsp3) is 1.00. The van der Waals surface area contributed by atoms with Crippen molar-refractivity contribution in [2.75, 3.05) is 26.2 Å². The minimum atomic E-state index is -0.701. The molecule has 0 aliphatic heterocycles. The average molecular weight is 183 g/mol. The van der Waals surface area contributed by atoms with E-state index in [0.717, 1.165) is 0 Å². The van der Waals surface area contributed by atoms with E-state index in [9.17, 15) is 0 Å². The van der Waals surface area contributed by atoms with Crippen molar-refractivity contribution in [3.05, 3.63) is 0 Å². The van der Waals surface area contributed by atoms with Gasteiger partial charge in [-0.1, -0.05) is 0 Å². The van der Waals surface area contributed by atoms with E-state index >= 15 is 0 Å². The van der Waals surface area contributed by atoms with Gasteiger partial charge < -0.3 is 0 Å². The molecule has 0 saturated carbocycles. The Morgan fingerprint density at radius 3 is 1.80 bits per heavy atom. The molecule has 0 bridgehead atoms. The molecule has 0 heterocycles. The first-order chi connectivity index (χ1) is 4.27. The first-order valence-electron chi connectivity index (χ1n) is 3.45. The van der Waals surface area contributed by atoms with Crippen molar-refractivity contribution >= 4 is 19.0 Å². The minimum absolute atomic E-state index is 0.0909.